The van der Waals surface area contributed by atoms with E-state index in [9.17, 15) is 15.2 Å². The van der Waals surface area contributed by atoms with Gasteiger partial charge in [0.15, 0.2) is 5.76 Å². The number of nitrogens with one attached hydrogen (secondary N) is 1. The maximum atomic E-state index is 12.8. The summed E-state index contributed by atoms with van der Waals surface area (Å²) in [4.78, 5) is 10.8. The summed E-state index contributed by atoms with van der Waals surface area (Å²) in [6.45, 7) is 6.34. The van der Waals surface area contributed by atoms with E-state index in [2.05, 4.69) is 10.5 Å². The molecule has 0 saturated carbocycles. The third kappa shape index (κ3) is 2.14. The highest BCUT2D eigenvalue weighted by atomic mass is 16.6. The van der Waals surface area contributed by atoms with Crippen molar-refractivity contribution in [3.05, 3.63) is 29.4 Å². The number of amides is 2. The molecule has 2 amide bonds. The molecule has 22 heavy (non-hydrogen) atoms. The highest BCUT2D eigenvalue weighted by Gasteiger charge is 2.62. The number of rotatable bonds is 3. The van der Waals surface area contributed by atoms with Crippen molar-refractivity contribution in [2.45, 2.75) is 38.9 Å². The van der Waals surface area contributed by atoms with Crippen LogP contribution in [0.3, 0.4) is 0 Å². The number of carbonyl (C=O) groups excluding carboxylic acids is 1. The van der Waals surface area contributed by atoms with E-state index in [1.807, 2.05) is 0 Å². The van der Waals surface area contributed by atoms with E-state index < -0.39 is 17.2 Å². The second-order valence-electron chi connectivity index (χ2n) is 5.69. The zero-order valence-electron chi connectivity index (χ0n) is 12.8. The van der Waals surface area contributed by atoms with Gasteiger partial charge in [-0.05, 0) is 32.9 Å². The summed E-state index contributed by atoms with van der Waals surface area (Å²) in [5, 5.41) is 28.0. The van der Waals surface area contributed by atoms with Gasteiger partial charge in [0, 0.05) is 6.92 Å². The summed E-state index contributed by atoms with van der Waals surface area (Å²) in [5.74, 6) is 0.346. The van der Waals surface area contributed by atoms with E-state index in [4.69, 9.17) is 10.2 Å². The first-order valence-electron chi connectivity index (χ1n) is 6.61. The summed E-state index contributed by atoms with van der Waals surface area (Å²) >= 11 is 0. The van der Waals surface area contributed by atoms with Crippen molar-refractivity contribution in [2.75, 3.05) is 0 Å². The molecule has 0 radical (unpaired) electrons. The molecule has 4 N–H and O–H groups in total. The molecule has 0 saturated heterocycles. The van der Waals surface area contributed by atoms with Crippen LogP contribution >= 0.6 is 0 Å². The number of nitrogens with zero attached hydrogens (tertiary/aromatic N) is 3. The van der Waals surface area contributed by atoms with Gasteiger partial charge in [0.25, 0.3) is 11.4 Å². The van der Waals surface area contributed by atoms with Gasteiger partial charge in [-0.2, -0.15) is 9.84 Å². The van der Waals surface area contributed by atoms with Gasteiger partial charge in [-0.1, -0.05) is 0 Å². The Balaban J connectivity index is 2.57. The highest BCUT2D eigenvalue weighted by molar-refractivity contribution is 6.04. The molecule has 2 heterocycles. The number of primary amides is 1. The van der Waals surface area contributed by atoms with Crippen LogP contribution in [0.5, 0.6) is 0 Å². The topological polar surface area (TPSA) is 130 Å². The molecule has 1 aromatic rings. The van der Waals surface area contributed by atoms with Gasteiger partial charge in [-0.15, -0.1) is 5.06 Å². The minimum absolute atomic E-state index is 0.165. The zero-order valence-corrected chi connectivity index (χ0v) is 12.8. The third-order valence-corrected chi connectivity index (χ3v) is 3.89. The monoisotopic (exact) mass is 309 g/mol. The van der Waals surface area contributed by atoms with Crippen LogP contribution in [0.2, 0.25) is 0 Å². The largest absolute Gasteiger partial charge is 0.622 e. The van der Waals surface area contributed by atoms with Gasteiger partial charge in [0.2, 0.25) is 0 Å². The standard InChI is InChI=1S/C13H19N5O4/c1-8(15-16-11(14)19)13(4)17(20)10(9-6-5-7-22-9)12(2,3)18(13)21/h5-7,21H,1-4H3,(H3,14,16,19). The number of nitrogens with two attached hydrogens (primary N) is 1. The smallest absolute Gasteiger partial charge is 0.332 e. The molecule has 1 atom stereocenters. The molecule has 1 aromatic heterocycles. The van der Waals surface area contributed by atoms with Crippen molar-refractivity contribution in [3.8, 4) is 0 Å². The predicted octanol–water partition coefficient (Wildman–Crippen LogP) is 0.823. The van der Waals surface area contributed by atoms with Crippen LogP contribution in [0.25, 0.3) is 0 Å². The van der Waals surface area contributed by atoms with Gasteiger partial charge < -0.3 is 20.6 Å². The van der Waals surface area contributed by atoms with E-state index in [-0.39, 0.29) is 11.4 Å². The molecule has 1 unspecified atom stereocenters. The molecule has 1 aliphatic heterocycles. The van der Waals surface area contributed by atoms with Crippen molar-refractivity contribution >= 4 is 17.5 Å². The quantitative estimate of drug-likeness (QED) is 0.329. The molecule has 0 fully saturated rings. The van der Waals surface area contributed by atoms with Crippen molar-refractivity contribution in [3.63, 3.8) is 0 Å². The molecule has 9 heteroatoms. The summed E-state index contributed by atoms with van der Waals surface area (Å²) in [6.07, 6.45) is 1.44. The predicted molar refractivity (Wildman–Crippen MR) is 78.4 cm³/mol. The fraction of sp³-hybridized carbons (Fsp3) is 0.462. The van der Waals surface area contributed by atoms with Crippen LogP contribution in [-0.2, 0) is 0 Å². The first-order chi connectivity index (χ1) is 10.1. The zero-order chi connectivity index (χ0) is 16.7. The Morgan fingerprint density at radius 1 is 1.55 bits per heavy atom. The molecule has 120 valence electrons. The molecule has 0 bridgehead atoms. The van der Waals surface area contributed by atoms with Gasteiger partial charge in [0.05, 0.1) is 6.26 Å². The molecule has 1 aliphatic rings. The van der Waals surface area contributed by atoms with Crippen molar-refractivity contribution in [1.29, 1.82) is 0 Å². The Bertz CT molecular complexity index is 649. The number of hydrogen-bond acceptors (Lipinski definition) is 6. The summed E-state index contributed by atoms with van der Waals surface area (Å²) in [5.41, 5.74) is 4.88. The summed E-state index contributed by atoms with van der Waals surface area (Å²) < 4.78 is 5.92. The van der Waals surface area contributed by atoms with Crippen LogP contribution in [-0.4, -0.2) is 43.7 Å². The normalized spacial score (nSPS) is 25.6. The van der Waals surface area contributed by atoms with Crippen molar-refractivity contribution in [1.82, 2.24) is 10.5 Å². The molecule has 0 aromatic carbocycles. The summed E-state index contributed by atoms with van der Waals surface area (Å²) in [7, 11) is 0. The lowest BCUT2D eigenvalue weighted by atomic mass is 9.96. The first kappa shape index (κ1) is 16.0. The van der Waals surface area contributed by atoms with Gasteiger partial charge in [-0.25, -0.2) is 10.2 Å². The van der Waals surface area contributed by atoms with Crippen LogP contribution in [0.1, 0.15) is 33.5 Å². The Morgan fingerprint density at radius 3 is 2.68 bits per heavy atom. The van der Waals surface area contributed by atoms with E-state index in [1.165, 1.54) is 20.1 Å². The van der Waals surface area contributed by atoms with E-state index >= 15 is 0 Å². The minimum Gasteiger partial charge on any atom is -0.622 e. The lowest BCUT2D eigenvalue weighted by Gasteiger charge is -2.32. The minimum atomic E-state index is -1.52. The maximum Gasteiger partial charge on any atom is 0.332 e. The van der Waals surface area contributed by atoms with E-state index in [1.54, 1.807) is 26.0 Å². The number of urea groups is 1. The van der Waals surface area contributed by atoms with Gasteiger partial charge >= 0.3 is 6.03 Å². The number of carbonyl (C=O) groups is 1. The molecule has 9 nitrogen and oxygen atoms in total. The fourth-order valence-electron chi connectivity index (χ4n) is 2.56. The Kier molecular flexibility index (Phi) is 3.71. The number of furan rings is 1. The average Bonchev–Trinajstić information content (AvgIpc) is 2.99. The molecule has 0 aliphatic carbocycles. The lowest BCUT2D eigenvalue weighted by Crippen LogP contribution is -2.57. The van der Waals surface area contributed by atoms with Crippen molar-refractivity contribution in [2.24, 2.45) is 10.8 Å². The van der Waals surface area contributed by atoms with Crippen LogP contribution < -0.4 is 11.2 Å². The maximum absolute atomic E-state index is 12.8. The molecule has 0 spiro atoms. The average molecular weight is 309 g/mol. The van der Waals surface area contributed by atoms with E-state index in [0.29, 0.717) is 10.5 Å². The van der Waals surface area contributed by atoms with Crippen LogP contribution in [0, 0.1) is 5.21 Å². The Hall–Kier alpha value is -2.39. The summed E-state index contributed by atoms with van der Waals surface area (Å²) in [6, 6.07) is 2.42. The molecular weight excluding hydrogens is 290 g/mol. The third-order valence-electron chi connectivity index (χ3n) is 3.89. The van der Waals surface area contributed by atoms with Gasteiger partial charge in [0.1, 0.15) is 11.3 Å². The SMILES string of the molecule is CC(=NNC(N)=O)C1(C)N(O)C(C)(C)C(c2ccco2)=[N+]1[O-]. The van der Waals surface area contributed by atoms with Gasteiger partial charge in [-0.3, -0.25) is 0 Å². The Labute approximate surface area is 127 Å². The number of hydrogen-bond donors (Lipinski definition) is 3. The Morgan fingerprint density at radius 2 is 2.18 bits per heavy atom. The van der Waals surface area contributed by atoms with Crippen LogP contribution in [0.4, 0.5) is 4.79 Å². The second-order valence-corrected chi connectivity index (χ2v) is 5.69. The first-order valence-corrected chi connectivity index (χ1v) is 6.61. The molecular formula is C13H19N5O4. The van der Waals surface area contributed by atoms with Crippen molar-refractivity contribution < 1.29 is 19.2 Å². The lowest BCUT2D eigenvalue weighted by molar-refractivity contribution is -0.560. The number of hydroxylamine groups is 3. The highest BCUT2D eigenvalue weighted by Crippen LogP contribution is 2.36. The van der Waals surface area contributed by atoms with E-state index in [0.717, 1.165) is 5.06 Å². The second kappa shape index (κ2) is 5.11. The number of hydrazone groups is 1. The molecule has 2 rings (SSSR count). The fourth-order valence-corrected chi connectivity index (χ4v) is 2.56. The van der Waals surface area contributed by atoms with Crippen LogP contribution in [0.15, 0.2) is 27.9 Å².